The van der Waals surface area contributed by atoms with Crippen LogP contribution in [0.1, 0.15) is 19.8 Å². The van der Waals surface area contributed by atoms with Gasteiger partial charge in [-0.25, -0.2) is 9.37 Å². The average molecular weight is 413 g/mol. The van der Waals surface area contributed by atoms with Crippen molar-refractivity contribution in [2.45, 2.75) is 32.0 Å². The predicted octanol–water partition coefficient (Wildman–Crippen LogP) is 4.36. The van der Waals surface area contributed by atoms with Crippen molar-refractivity contribution in [1.29, 1.82) is 0 Å². The highest BCUT2D eigenvalue weighted by molar-refractivity contribution is 6.42. The lowest BCUT2D eigenvalue weighted by atomic mass is 10.1. The van der Waals surface area contributed by atoms with Crippen molar-refractivity contribution in [3.05, 3.63) is 52.4 Å². The van der Waals surface area contributed by atoms with E-state index in [4.69, 9.17) is 32.7 Å². The maximum absolute atomic E-state index is 13.6. The maximum atomic E-state index is 13.6. The van der Waals surface area contributed by atoms with E-state index in [2.05, 4.69) is 4.98 Å². The smallest absolute Gasteiger partial charge is 0.263 e. The average Bonchev–Trinajstić information content (AvgIpc) is 2.67. The molecule has 0 spiro atoms. The van der Waals surface area contributed by atoms with E-state index in [-0.39, 0.29) is 22.9 Å². The monoisotopic (exact) mass is 412 g/mol. The predicted molar refractivity (Wildman–Crippen MR) is 101 cm³/mol. The summed E-state index contributed by atoms with van der Waals surface area (Å²) in [6, 6.07) is 7.84. The highest BCUT2D eigenvalue weighted by Gasteiger charge is 2.28. The third-order valence-corrected chi connectivity index (χ3v) is 5.13. The highest BCUT2D eigenvalue weighted by atomic mass is 35.5. The van der Waals surface area contributed by atoms with Crippen LogP contribution in [-0.2, 0) is 4.79 Å². The number of likely N-dealkylation sites (tertiary alicyclic amines) is 1. The number of hydrogen-bond acceptors (Lipinski definition) is 4. The van der Waals surface area contributed by atoms with Gasteiger partial charge in [-0.1, -0.05) is 29.3 Å². The van der Waals surface area contributed by atoms with Gasteiger partial charge < -0.3 is 14.4 Å². The minimum atomic E-state index is -0.702. The lowest BCUT2D eigenvalue weighted by Gasteiger charge is -2.33. The summed E-state index contributed by atoms with van der Waals surface area (Å²) >= 11 is 12.1. The molecule has 1 aromatic carbocycles. The van der Waals surface area contributed by atoms with Gasteiger partial charge in [0.1, 0.15) is 16.9 Å². The standard InChI is InChI=1S/C19H19Cl2FN2O3/c1-12(26-16-6-2-4-14(20)17(16)21)19(25)24-10-7-13(8-11-24)27-18-15(22)5-3-9-23-18/h2-6,9,12-13H,7-8,10-11H2,1H3/t12-/m1/s1. The molecule has 0 bridgehead atoms. The van der Waals surface area contributed by atoms with Crippen molar-refractivity contribution < 1.29 is 18.7 Å². The normalized spacial score (nSPS) is 16.1. The van der Waals surface area contributed by atoms with E-state index in [0.717, 1.165) is 0 Å². The molecule has 27 heavy (non-hydrogen) atoms. The second-order valence-electron chi connectivity index (χ2n) is 6.24. The first kappa shape index (κ1) is 19.7. The molecule has 0 saturated carbocycles. The van der Waals surface area contributed by atoms with Gasteiger partial charge in [-0.3, -0.25) is 4.79 Å². The molecule has 0 radical (unpaired) electrons. The number of rotatable bonds is 5. The van der Waals surface area contributed by atoms with Crippen molar-refractivity contribution >= 4 is 29.1 Å². The van der Waals surface area contributed by atoms with Gasteiger partial charge in [0.05, 0.1) is 5.02 Å². The molecule has 1 aliphatic rings. The fourth-order valence-electron chi connectivity index (χ4n) is 2.88. The molecule has 1 saturated heterocycles. The molecule has 1 atom stereocenters. The first-order chi connectivity index (χ1) is 13.0. The Morgan fingerprint density at radius 1 is 1.26 bits per heavy atom. The first-order valence-electron chi connectivity index (χ1n) is 8.62. The number of carbonyl (C=O) groups excluding carboxylic acids is 1. The van der Waals surface area contributed by atoms with Gasteiger partial charge >= 0.3 is 0 Å². The number of piperidine rings is 1. The molecule has 0 unspecified atom stereocenters. The lowest BCUT2D eigenvalue weighted by molar-refractivity contribution is -0.139. The third-order valence-electron chi connectivity index (χ3n) is 4.32. The summed E-state index contributed by atoms with van der Waals surface area (Å²) in [4.78, 5) is 18.2. The van der Waals surface area contributed by atoms with Crippen LogP contribution in [0.3, 0.4) is 0 Å². The van der Waals surface area contributed by atoms with Gasteiger partial charge in [-0.05, 0) is 31.2 Å². The van der Waals surface area contributed by atoms with Crippen molar-refractivity contribution in [2.24, 2.45) is 0 Å². The van der Waals surface area contributed by atoms with Crippen LogP contribution >= 0.6 is 23.2 Å². The Kier molecular flexibility index (Phi) is 6.39. The molecule has 2 heterocycles. The summed E-state index contributed by atoms with van der Waals surface area (Å²) < 4.78 is 24.9. The molecule has 5 nitrogen and oxygen atoms in total. The van der Waals surface area contributed by atoms with E-state index < -0.39 is 11.9 Å². The van der Waals surface area contributed by atoms with E-state index in [9.17, 15) is 9.18 Å². The Bertz CT molecular complexity index is 813. The van der Waals surface area contributed by atoms with Crippen LogP contribution in [0, 0.1) is 5.82 Å². The zero-order valence-corrected chi connectivity index (χ0v) is 16.2. The summed E-state index contributed by atoms with van der Waals surface area (Å²) in [5.74, 6) is -0.270. The number of benzene rings is 1. The molecular formula is C19H19Cl2FN2O3. The van der Waals surface area contributed by atoms with Gasteiger partial charge in [-0.15, -0.1) is 0 Å². The summed E-state index contributed by atoms with van der Waals surface area (Å²) in [6.07, 6.45) is 1.78. The van der Waals surface area contributed by atoms with Crippen LogP contribution in [0.5, 0.6) is 11.6 Å². The molecule has 0 aliphatic carbocycles. The number of amides is 1. The Morgan fingerprint density at radius 2 is 2.00 bits per heavy atom. The van der Waals surface area contributed by atoms with Gasteiger partial charge in [0.2, 0.25) is 0 Å². The molecule has 8 heteroatoms. The molecule has 1 aliphatic heterocycles. The number of aromatic nitrogens is 1. The number of ether oxygens (including phenoxy) is 2. The fraction of sp³-hybridized carbons (Fsp3) is 0.368. The molecule has 1 fully saturated rings. The van der Waals surface area contributed by atoms with E-state index in [1.165, 1.54) is 18.3 Å². The number of halogens is 3. The van der Waals surface area contributed by atoms with Gasteiger partial charge in [0.15, 0.2) is 11.9 Å². The number of carbonyl (C=O) groups is 1. The summed E-state index contributed by atoms with van der Waals surface area (Å²) in [5.41, 5.74) is 0. The summed E-state index contributed by atoms with van der Waals surface area (Å²) in [7, 11) is 0. The Morgan fingerprint density at radius 3 is 2.70 bits per heavy atom. The minimum Gasteiger partial charge on any atom is -0.479 e. The fourth-order valence-corrected chi connectivity index (χ4v) is 3.22. The summed E-state index contributed by atoms with van der Waals surface area (Å²) in [5, 5.41) is 0.650. The molecule has 0 N–H and O–H groups in total. The van der Waals surface area contributed by atoms with E-state index in [1.54, 1.807) is 30.0 Å². The Labute approximate surface area is 167 Å². The lowest BCUT2D eigenvalue weighted by Crippen LogP contribution is -2.46. The largest absolute Gasteiger partial charge is 0.479 e. The van der Waals surface area contributed by atoms with Crippen LogP contribution in [0.2, 0.25) is 10.0 Å². The van der Waals surface area contributed by atoms with E-state index in [1.807, 2.05) is 0 Å². The van der Waals surface area contributed by atoms with Gasteiger partial charge in [0, 0.05) is 32.1 Å². The molecule has 1 aromatic heterocycles. The van der Waals surface area contributed by atoms with Gasteiger partial charge in [-0.2, -0.15) is 0 Å². The van der Waals surface area contributed by atoms with Crippen molar-refractivity contribution in [2.75, 3.05) is 13.1 Å². The van der Waals surface area contributed by atoms with Crippen LogP contribution in [0.4, 0.5) is 4.39 Å². The topological polar surface area (TPSA) is 51.7 Å². The van der Waals surface area contributed by atoms with Crippen molar-refractivity contribution in [3.8, 4) is 11.6 Å². The van der Waals surface area contributed by atoms with E-state index in [0.29, 0.717) is 36.7 Å². The SMILES string of the molecule is C[C@@H](Oc1cccc(Cl)c1Cl)C(=O)N1CCC(Oc2ncccc2F)CC1. The molecule has 1 amide bonds. The first-order valence-corrected chi connectivity index (χ1v) is 9.38. The minimum absolute atomic E-state index is 0.00502. The number of hydrogen-bond donors (Lipinski definition) is 0. The van der Waals surface area contributed by atoms with Crippen molar-refractivity contribution in [3.63, 3.8) is 0 Å². The highest BCUT2D eigenvalue weighted by Crippen LogP contribution is 2.32. The van der Waals surface area contributed by atoms with E-state index >= 15 is 0 Å². The Hall–Kier alpha value is -2.05. The molecule has 2 aromatic rings. The van der Waals surface area contributed by atoms with Crippen LogP contribution in [0.25, 0.3) is 0 Å². The van der Waals surface area contributed by atoms with Crippen LogP contribution < -0.4 is 9.47 Å². The Balaban J connectivity index is 1.53. The van der Waals surface area contributed by atoms with Crippen LogP contribution in [-0.4, -0.2) is 41.1 Å². The zero-order chi connectivity index (χ0) is 19.4. The quantitative estimate of drug-likeness (QED) is 0.731. The third kappa shape index (κ3) is 4.82. The number of nitrogens with zero attached hydrogens (tertiary/aromatic N) is 2. The molecular weight excluding hydrogens is 394 g/mol. The zero-order valence-electron chi connectivity index (χ0n) is 14.7. The second-order valence-corrected chi connectivity index (χ2v) is 7.03. The number of pyridine rings is 1. The van der Waals surface area contributed by atoms with Crippen molar-refractivity contribution in [1.82, 2.24) is 9.88 Å². The maximum Gasteiger partial charge on any atom is 0.263 e. The summed E-state index contributed by atoms with van der Waals surface area (Å²) in [6.45, 7) is 2.66. The second kappa shape index (κ2) is 8.76. The van der Waals surface area contributed by atoms with Crippen LogP contribution in [0.15, 0.2) is 36.5 Å². The molecule has 3 rings (SSSR count). The van der Waals surface area contributed by atoms with Gasteiger partial charge in [0.25, 0.3) is 11.8 Å². The molecule has 144 valence electrons.